The van der Waals surface area contributed by atoms with Crippen molar-refractivity contribution in [2.24, 2.45) is 0 Å². The van der Waals surface area contributed by atoms with Crippen molar-refractivity contribution in [3.63, 3.8) is 0 Å². The molecule has 0 bridgehead atoms. The van der Waals surface area contributed by atoms with E-state index in [9.17, 15) is 0 Å². The van der Waals surface area contributed by atoms with Crippen LogP contribution in [0.5, 0.6) is 69.0 Å². The summed E-state index contributed by atoms with van der Waals surface area (Å²) in [6, 6.07) is 175. The van der Waals surface area contributed by atoms with Gasteiger partial charge in [0.1, 0.15) is 0 Å². The molecule has 692 valence electrons. The fourth-order valence-corrected chi connectivity index (χ4v) is 24.5. The molecule has 0 saturated carbocycles. The summed E-state index contributed by atoms with van der Waals surface area (Å²) >= 11 is 1.89. The molecule has 3 aliphatic heterocycles. The zero-order valence-electron chi connectivity index (χ0n) is 79.4. The lowest BCUT2D eigenvalue weighted by Gasteiger charge is -2.22. The van der Waals surface area contributed by atoms with Gasteiger partial charge in [-0.1, -0.05) is 279 Å². The maximum atomic E-state index is 6.48. The highest BCUT2D eigenvalue weighted by Crippen LogP contribution is 2.55. The molecule has 0 N–H and O–H groups in total. The van der Waals surface area contributed by atoms with Crippen LogP contribution in [0.15, 0.2) is 491 Å². The van der Waals surface area contributed by atoms with Crippen molar-refractivity contribution in [3.05, 3.63) is 491 Å². The molecule has 148 heavy (non-hydrogen) atoms. The second-order valence-electron chi connectivity index (χ2n) is 38.5. The molecule has 0 saturated heterocycles. The lowest BCUT2D eigenvalue weighted by molar-refractivity contribution is 0.360. The number of aromatic nitrogens is 5. The molecule has 0 radical (unpaired) electrons. The predicted molar refractivity (Wildman–Crippen MR) is 610 cm³/mol. The SMILES string of the molecule is c1ccc(-n2c3ccc(-n4c5ccccc5c5cc(-c6ccc7c(c6)Oc6cc8ccccc8cc6O7)ccc54)cc3c3c4ccccc4ccc32)cc1.c1ccc(-n2c3ccc(-n4c5ccccc5c5cc(-c6ccc7c(c6)Oc6cc8ccccc8cc6O7)ccc54)cc3c3c4sc5ccccc5c4ccc32)cc1.c1ccc(-n2c3ccccc3c3ccc(-c4ccc5c(c4)Oc4cc6ccccc6cc4O5)cc32)cc1. The van der Waals surface area contributed by atoms with Crippen molar-refractivity contribution in [1.29, 1.82) is 0 Å². The minimum absolute atomic E-state index is 0.716. The summed E-state index contributed by atoms with van der Waals surface area (Å²) < 4.78 is 52.8. The number of hydrogen-bond acceptors (Lipinski definition) is 7. The Morgan fingerprint density at radius 1 is 0.135 bits per heavy atom. The van der Waals surface area contributed by atoms with Gasteiger partial charge >= 0.3 is 0 Å². The molecular formula is C136H81N5O6S. The first-order valence-corrected chi connectivity index (χ1v) is 50.8. The van der Waals surface area contributed by atoms with Crippen LogP contribution in [-0.4, -0.2) is 22.8 Å². The van der Waals surface area contributed by atoms with Gasteiger partial charge in [-0.15, -0.1) is 11.3 Å². The van der Waals surface area contributed by atoms with Crippen LogP contribution in [-0.2, 0) is 0 Å². The number of ether oxygens (including phenoxy) is 6. The number of rotatable bonds is 8. The van der Waals surface area contributed by atoms with Gasteiger partial charge in [0.05, 0.1) is 55.2 Å². The highest BCUT2D eigenvalue weighted by Gasteiger charge is 2.29. The van der Waals surface area contributed by atoms with Gasteiger partial charge in [-0.2, -0.15) is 0 Å². The minimum Gasteiger partial charge on any atom is -0.449 e. The van der Waals surface area contributed by atoms with Crippen molar-refractivity contribution in [3.8, 4) is 131 Å². The molecule has 0 aliphatic carbocycles. The summed E-state index contributed by atoms with van der Waals surface area (Å²) in [7, 11) is 0. The molecule has 3 aliphatic rings. The molecule has 30 aromatic rings. The van der Waals surface area contributed by atoms with Crippen LogP contribution in [0.25, 0.3) is 234 Å². The molecule has 9 heterocycles. The Bertz CT molecular complexity index is 10900. The molecule has 0 fully saturated rings. The van der Waals surface area contributed by atoms with Crippen LogP contribution in [0.4, 0.5) is 0 Å². The van der Waals surface area contributed by atoms with Crippen LogP contribution in [0.3, 0.4) is 0 Å². The minimum atomic E-state index is 0.716. The fourth-order valence-electron chi connectivity index (χ4n) is 23.2. The number of benzene rings is 24. The number of nitrogens with zero attached hydrogens (tertiary/aromatic N) is 5. The Morgan fingerprint density at radius 3 is 0.858 bits per heavy atom. The Labute approximate surface area is 850 Å². The largest absolute Gasteiger partial charge is 0.449 e. The summed E-state index contributed by atoms with van der Waals surface area (Å²) in [4.78, 5) is 0. The first-order valence-electron chi connectivity index (χ1n) is 50.0. The summed E-state index contributed by atoms with van der Waals surface area (Å²) in [5.41, 5.74) is 24.2. The zero-order chi connectivity index (χ0) is 96.9. The lowest BCUT2D eigenvalue weighted by Crippen LogP contribution is -1.99. The van der Waals surface area contributed by atoms with Crippen molar-refractivity contribution in [2.75, 3.05) is 0 Å². The Morgan fingerprint density at radius 2 is 0.412 bits per heavy atom. The molecule has 24 aromatic carbocycles. The molecule has 33 rings (SSSR count). The number of fused-ring (bicyclic) bond motifs is 30. The van der Waals surface area contributed by atoms with Crippen molar-refractivity contribution >= 4 is 184 Å². The first kappa shape index (κ1) is 83.0. The fraction of sp³-hybridized carbons (Fsp3) is 0. The van der Waals surface area contributed by atoms with Gasteiger partial charge in [-0.3, -0.25) is 0 Å². The van der Waals surface area contributed by atoms with E-state index in [4.69, 9.17) is 28.4 Å². The van der Waals surface area contributed by atoms with Gasteiger partial charge in [0.25, 0.3) is 0 Å². The highest BCUT2D eigenvalue weighted by atomic mass is 32.1. The Balaban J connectivity index is 0.000000103. The van der Waals surface area contributed by atoms with Gasteiger partial charge in [0.15, 0.2) is 69.0 Å². The second-order valence-corrected chi connectivity index (χ2v) is 39.5. The molecule has 12 heteroatoms. The van der Waals surface area contributed by atoms with Gasteiger partial charge in [0.2, 0.25) is 0 Å². The molecule has 0 unspecified atom stereocenters. The third-order valence-corrected chi connectivity index (χ3v) is 31.3. The van der Waals surface area contributed by atoms with E-state index < -0.39 is 0 Å². The summed E-state index contributed by atoms with van der Waals surface area (Å²) in [5.74, 6) is 8.74. The molecule has 0 spiro atoms. The molecule has 0 amide bonds. The van der Waals surface area contributed by atoms with E-state index in [0.29, 0.717) is 11.5 Å². The van der Waals surface area contributed by atoms with Crippen LogP contribution >= 0.6 is 11.3 Å². The average Bonchev–Trinajstić information content (AvgIpc) is 1.54. The molecule has 0 atom stereocenters. The normalized spacial score (nSPS) is 12.4. The average molecular weight is 1910 g/mol. The third kappa shape index (κ3) is 13.3. The van der Waals surface area contributed by atoms with Gasteiger partial charge in [0, 0.05) is 102 Å². The van der Waals surface area contributed by atoms with Crippen LogP contribution in [0.1, 0.15) is 0 Å². The summed E-state index contributed by atoms with van der Waals surface area (Å²) in [5, 5.41) is 24.2. The van der Waals surface area contributed by atoms with Gasteiger partial charge in [-0.25, -0.2) is 0 Å². The Kier molecular flexibility index (Phi) is 18.5. The maximum absolute atomic E-state index is 6.48. The van der Waals surface area contributed by atoms with E-state index >= 15 is 0 Å². The quantitative estimate of drug-likeness (QED) is 0.151. The lowest BCUT2D eigenvalue weighted by atomic mass is 10.0. The molecule has 11 nitrogen and oxygen atoms in total. The van der Waals surface area contributed by atoms with Crippen molar-refractivity contribution in [1.82, 2.24) is 22.8 Å². The van der Waals surface area contributed by atoms with E-state index in [2.05, 4.69) is 441 Å². The van der Waals surface area contributed by atoms with Gasteiger partial charge in [-0.05, 0) is 289 Å². The summed E-state index contributed by atoms with van der Waals surface area (Å²) in [6.45, 7) is 0. The molecule has 6 aromatic heterocycles. The van der Waals surface area contributed by atoms with Crippen LogP contribution < -0.4 is 28.4 Å². The van der Waals surface area contributed by atoms with E-state index in [1.807, 2.05) is 84.1 Å². The van der Waals surface area contributed by atoms with E-state index in [1.54, 1.807) is 0 Å². The highest BCUT2D eigenvalue weighted by molar-refractivity contribution is 7.26. The van der Waals surface area contributed by atoms with E-state index in [1.165, 1.54) is 129 Å². The zero-order valence-corrected chi connectivity index (χ0v) is 80.2. The smallest absolute Gasteiger partial charge is 0.170 e. The van der Waals surface area contributed by atoms with Gasteiger partial charge < -0.3 is 51.3 Å². The monoisotopic (exact) mass is 1910 g/mol. The number of thiophene rings is 1. The van der Waals surface area contributed by atoms with Crippen LogP contribution in [0, 0.1) is 0 Å². The third-order valence-electron chi connectivity index (χ3n) is 30.1. The molecular weight excluding hydrogens is 1830 g/mol. The summed E-state index contributed by atoms with van der Waals surface area (Å²) in [6.07, 6.45) is 0. The maximum Gasteiger partial charge on any atom is 0.170 e. The van der Waals surface area contributed by atoms with E-state index in [0.717, 1.165) is 163 Å². The first-order chi connectivity index (χ1) is 73.3. The van der Waals surface area contributed by atoms with Crippen molar-refractivity contribution in [2.45, 2.75) is 0 Å². The van der Waals surface area contributed by atoms with Crippen molar-refractivity contribution < 1.29 is 28.4 Å². The standard InChI is InChI=1S/C52H30N2O2S.C50H30N2O2.C34H21NO2/c1-2-12-35(13-3-1)53-44-23-20-36(30-41(44)51-45(53)24-21-39-38-15-7-9-17-50(38)57-52(39)51)54-42-16-8-6-14-37(42)40-26-33(18-22-43(40)54)34-19-25-46-47(29-34)56-49-28-32-11-5-4-10-31(32)27-48(49)55-46;1-2-13-36(14-3-1)51-44-24-21-37(30-41(44)50-38-15-7-6-10-31(38)18-23-45(50)51)52-42-17-9-8-16-39(42)40-26-34(19-22-43(40)52)35-20-25-46-47(29-35)54-49-28-33-12-5-4-11-32(33)27-48(49)53-46;1-2-10-26(11-3-1)35-29-13-7-6-12-27(29)28-16-14-24(18-30(28)35)25-15-17-31-32(21-25)37-34-20-23-9-5-4-8-22(23)19-33(34)36-31/h1-30H;1-30H;1-21H. The van der Waals surface area contributed by atoms with Crippen LogP contribution in [0.2, 0.25) is 0 Å². The number of hydrogen-bond donors (Lipinski definition) is 0. The second kappa shape index (κ2) is 33.0. The number of para-hydroxylation sites is 6. The predicted octanol–water partition coefficient (Wildman–Crippen LogP) is 38.2. The topological polar surface area (TPSA) is 80.0 Å². The van der Waals surface area contributed by atoms with E-state index in [-0.39, 0.29) is 0 Å². The Hall–Kier alpha value is -19.7.